The first-order valence-electron chi connectivity index (χ1n) is 9.89. The smallest absolute Gasteiger partial charge is 0.141 e. The van der Waals surface area contributed by atoms with Crippen LogP contribution in [0.5, 0.6) is 5.75 Å². The van der Waals surface area contributed by atoms with Crippen LogP contribution in [-0.4, -0.2) is 16.4 Å². The van der Waals surface area contributed by atoms with E-state index >= 15 is 0 Å². The minimum absolute atomic E-state index is 0.149. The van der Waals surface area contributed by atoms with E-state index in [4.69, 9.17) is 4.99 Å². The number of nitrogens with zero attached hydrogens (tertiary/aromatic N) is 1. The molecule has 4 rings (SSSR count). The molecule has 4 aromatic carbocycles. The molecule has 0 amide bonds. The van der Waals surface area contributed by atoms with Crippen molar-refractivity contribution in [1.82, 2.24) is 0 Å². The Bertz CT molecular complexity index is 1070. The van der Waals surface area contributed by atoms with Crippen molar-refractivity contribution < 1.29 is 10.2 Å². The normalized spacial score (nSPS) is 12.7. The Morgan fingerprint density at radius 3 is 1.63 bits per heavy atom. The summed E-state index contributed by atoms with van der Waals surface area (Å²) in [6.07, 6.45) is 1.63. The summed E-state index contributed by atoms with van der Waals surface area (Å²) in [5.74, 6) is 0.149. The van der Waals surface area contributed by atoms with Gasteiger partial charge in [-0.1, -0.05) is 103 Å². The Balaban J connectivity index is 1.91. The van der Waals surface area contributed by atoms with Gasteiger partial charge in [-0.05, 0) is 28.8 Å². The second kappa shape index (κ2) is 8.76. The zero-order valence-electron chi connectivity index (χ0n) is 16.5. The molecule has 3 heteroatoms. The number of benzene rings is 4. The lowest BCUT2D eigenvalue weighted by Gasteiger charge is -2.35. The zero-order chi connectivity index (χ0) is 20.8. The summed E-state index contributed by atoms with van der Waals surface area (Å²) in [4.78, 5) is 4.81. The molecule has 3 nitrogen and oxygen atoms in total. The second-order valence-corrected chi connectivity index (χ2v) is 7.15. The average molecular weight is 393 g/mol. The van der Waals surface area contributed by atoms with E-state index < -0.39 is 11.6 Å². The van der Waals surface area contributed by atoms with E-state index in [1.807, 2.05) is 97.1 Å². The summed E-state index contributed by atoms with van der Waals surface area (Å²) in [5, 5.41) is 22.4. The summed E-state index contributed by atoms with van der Waals surface area (Å²) in [5.41, 5.74) is 1.57. The van der Waals surface area contributed by atoms with Crippen LogP contribution in [0.4, 0.5) is 0 Å². The van der Waals surface area contributed by atoms with Crippen molar-refractivity contribution in [3.8, 4) is 5.75 Å². The number of hydrogen-bond acceptors (Lipinski definition) is 3. The van der Waals surface area contributed by atoms with Crippen LogP contribution in [0.15, 0.2) is 120 Å². The number of phenolic OH excluding ortho intramolecular Hbond substituents is 1. The molecule has 0 aliphatic rings. The molecule has 2 N–H and O–H groups in total. The molecule has 0 saturated heterocycles. The molecular weight excluding hydrogens is 370 g/mol. The van der Waals surface area contributed by atoms with Crippen LogP contribution >= 0.6 is 0 Å². The fourth-order valence-electron chi connectivity index (χ4n) is 3.69. The molecule has 1 unspecified atom stereocenters. The van der Waals surface area contributed by atoms with Gasteiger partial charge >= 0.3 is 0 Å². The number of aliphatic imine (C=N–C) groups is 1. The van der Waals surface area contributed by atoms with Gasteiger partial charge in [0.15, 0.2) is 0 Å². The molecule has 0 saturated carbocycles. The third-order valence-corrected chi connectivity index (χ3v) is 5.24. The van der Waals surface area contributed by atoms with E-state index in [0.29, 0.717) is 5.56 Å². The molecule has 4 aromatic rings. The van der Waals surface area contributed by atoms with Gasteiger partial charge in [0.1, 0.15) is 17.4 Å². The van der Waals surface area contributed by atoms with Crippen molar-refractivity contribution >= 4 is 6.21 Å². The lowest BCUT2D eigenvalue weighted by molar-refractivity contribution is 0.0523. The lowest BCUT2D eigenvalue weighted by atomic mass is 9.77. The molecule has 0 aliphatic heterocycles. The van der Waals surface area contributed by atoms with Crippen molar-refractivity contribution in [3.05, 3.63) is 138 Å². The maximum absolute atomic E-state index is 12.2. The highest BCUT2D eigenvalue weighted by atomic mass is 16.3. The topological polar surface area (TPSA) is 52.8 Å². The molecule has 148 valence electrons. The van der Waals surface area contributed by atoms with Crippen LogP contribution in [0.2, 0.25) is 0 Å². The maximum atomic E-state index is 12.2. The zero-order valence-corrected chi connectivity index (χ0v) is 16.5. The van der Waals surface area contributed by atoms with E-state index in [2.05, 4.69) is 0 Å². The Morgan fingerprint density at radius 1 is 0.633 bits per heavy atom. The molecule has 0 fully saturated rings. The standard InChI is InChI=1S/C27H23NO2/c29-25-19-11-10-14-22(25)20-28-26(21-12-4-1-5-13-21)27(30,23-15-6-2-7-16-23)24-17-8-3-9-18-24/h1-20,26,29-30H. The molecule has 0 radical (unpaired) electrons. The molecule has 1 atom stereocenters. The van der Waals surface area contributed by atoms with Crippen LogP contribution in [0.3, 0.4) is 0 Å². The SMILES string of the molecule is Oc1ccccc1C=NC(c1ccccc1)C(O)(c1ccccc1)c1ccccc1. The van der Waals surface area contributed by atoms with Gasteiger partial charge in [-0.25, -0.2) is 0 Å². The highest BCUT2D eigenvalue weighted by Gasteiger charge is 2.41. The van der Waals surface area contributed by atoms with Gasteiger partial charge in [0.2, 0.25) is 0 Å². The van der Waals surface area contributed by atoms with Gasteiger partial charge in [0.25, 0.3) is 0 Å². The lowest BCUT2D eigenvalue weighted by Crippen LogP contribution is -2.34. The Labute approximate surface area is 176 Å². The van der Waals surface area contributed by atoms with Crippen LogP contribution in [0.25, 0.3) is 0 Å². The summed E-state index contributed by atoms with van der Waals surface area (Å²) < 4.78 is 0. The first kappa shape index (κ1) is 19.6. The van der Waals surface area contributed by atoms with Crippen LogP contribution < -0.4 is 0 Å². The van der Waals surface area contributed by atoms with Crippen molar-refractivity contribution in [3.63, 3.8) is 0 Å². The quantitative estimate of drug-likeness (QED) is 0.426. The minimum atomic E-state index is -1.40. The molecule has 0 bridgehead atoms. The molecular formula is C27H23NO2. The summed E-state index contributed by atoms with van der Waals surface area (Å²) in [6.45, 7) is 0. The van der Waals surface area contributed by atoms with Crippen LogP contribution in [0, 0.1) is 0 Å². The number of aliphatic hydroxyl groups is 1. The largest absolute Gasteiger partial charge is 0.507 e. The molecule has 0 heterocycles. The Kier molecular flexibility index (Phi) is 5.73. The second-order valence-electron chi connectivity index (χ2n) is 7.15. The summed E-state index contributed by atoms with van der Waals surface area (Å²) in [6, 6.07) is 35.3. The van der Waals surface area contributed by atoms with Crippen molar-refractivity contribution in [2.75, 3.05) is 0 Å². The van der Waals surface area contributed by atoms with E-state index in [1.165, 1.54) is 0 Å². The molecule has 0 aromatic heterocycles. The van der Waals surface area contributed by atoms with Gasteiger partial charge in [-0.3, -0.25) is 4.99 Å². The van der Waals surface area contributed by atoms with Gasteiger partial charge in [-0.2, -0.15) is 0 Å². The van der Waals surface area contributed by atoms with E-state index in [0.717, 1.165) is 16.7 Å². The molecule has 0 spiro atoms. The van der Waals surface area contributed by atoms with Crippen molar-refractivity contribution in [1.29, 1.82) is 0 Å². The third-order valence-electron chi connectivity index (χ3n) is 5.24. The monoisotopic (exact) mass is 393 g/mol. The number of phenols is 1. The van der Waals surface area contributed by atoms with Gasteiger partial charge in [0.05, 0.1) is 0 Å². The van der Waals surface area contributed by atoms with Gasteiger partial charge in [0, 0.05) is 11.8 Å². The first-order chi connectivity index (χ1) is 14.7. The van der Waals surface area contributed by atoms with Gasteiger partial charge < -0.3 is 10.2 Å². The first-order valence-corrected chi connectivity index (χ1v) is 9.89. The fourth-order valence-corrected chi connectivity index (χ4v) is 3.69. The van der Waals surface area contributed by atoms with E-state index in [9.17, 15) is 10.2 Å². The number of hydrogen-bond donors (Lipinski definition) is 2. The number of aromatic hydroxyl groups is 1. The van der Waals surface area contributed by atoms with Crippen molar-refractivity contribution in [2.45, 2.75) is 11.6 Å². The Hall–Kier alpha value is -3.69. The summed E-state index contributed by atoms with van der Waals surface area (Å²) >= 11 is 0. The minimum Gasteiger partial charge on any atom is -0.507 e. The predicted molar refractivity (Wildman–Crippen MR) is 121 cm³/mol. The third kappa shape index (κ3) is 3.88. The number of para-hydroxylation sites is 1. The van der Waals surface area contributed by atoms with Crippen LogP contribution in [0.1, 0.15) is 28.3 Å². The highest BCUT2D eigenvalue weighted by molar-refractivity contribution is 5.83. The maximum Gasteiger partial charge on any atom is 0.141 e. The van der Waals surface area contributed by atoms with Crippen molar-refractivity contribution in [2.24, 2.45) is 4.99 Å². The van der Waals surface area contributed by atoms with E-state index in [-0.39, 0.29) is 5.75 Å². The molecule has 30 heavy (non-hydrogen) atoms. The predicted octanol–water partition coefficient (Wildman–Crippen LogP) is 5.49. The van der Waals surface area contributed by atoms with E-state index in [1.54, 1.807) is 24.4 Å². The Morgan fingerprint density at radius 2 is 1.10 bits per heavy atom. The fraction of sp³-hybridized carbons (Fsp3) is 0.0741. The van der Waals surface area contributed by atoms with Crippen LogP contribution in [-0.2, 0) is 5.60 Å². The highest BCUT2D eigenvalue weighted by Crippen LogP contribution is 2.43. The molecule has 0 aliphatic carbocycles. The van der Waals surface area contributed by atoms with Gasteiger partial charge in [-0.15, -0.1) is 0 Å². The summed E-state index contributed by atoms with van der Waals surface area (Å²) in [7, 11) is 0. The average Bonchev–Trinajstić information content (AvgIpc) is 2.82. The number of rotatable bonds is 6.